The largest absolute Gasteiger partial charge is 0.316 e. The van der Waals surface area contributed by atoms with Gasteiger partial charge in [-0.1, -0.05) is 31.5 Å². The van der Waals surface area contributed by atoms with Crippen LogP contribution in [0.15, 0.2) is 12.1 Å². The van der Waals surface area contributed by atoms with Crippen LogP contribution in [0.4, 0.5) is 0 Å². The Morgan fingerprint density at radius 3 is 2.29 bits per heavy atom. The van der Waals surface area contributed by atoms with Crippen molar-refractivity contribution in [1.82, 2.24) is 5.32 Å². The lowest BCUT2D eigenvalue weighted by Gasteiger charge is -2.36. The van der Waals surface area contributed by atoms with E-state index in [4.69, 9.17) is 0 Å². The summed E-state index contributed by atoms with van der Waals surface area (Å²) in [6.07, 6.45) is 1.15. The molecular formula is C18H29NS2. The average Bonchev–Trinajstić information content (AvgIpc) is 2.41. The van der Waals surface area contributed by atoms with Crippen molar-refractivity contribution in [2.24, 2.45) is 0 Å². The highest BCUT2D eigenvalue weighted by molar-refractivity contribution is 8.07. The van der Waals surface area contributed by atoms with Gasteiger partial charge in [-0.2, -0.15) is 23.5 Å². The quantitative estimate of drug-likeness (QED) is 0.884. The molecule has 1 aromatic carbocycles. The lowest BCUT2D eigenvalue weighted by Crippen LogP contribution is -2.43. The van der Waals surface area contributed by atoms with E-state index >= 15 is 0 Å². The van der Waals surface area contributed by atoms with Crippen LogP contribution in [0.2, 0.25) is 0 Å². The highest BCUT2D eigenvalue weighted by atomic mass is 32.2. The summed E-state index contributed by atoms with van der Waals surface area (Å²) in [5.74, 6) is 1.27. The van der Waals surface area contributed by atoms with Crippen molar-refractivity contribution in [3.8, 4) is 0 Å². The molecule has 0 spiro atoms. The second-order valence-electron chi connectivity index (χ2n) is 6.39. The van der Waals surface area contributed by atoms with Gasteiger partial charge in [-0.3, -0.25) is 0 Å². The average molecular weight is 324 g/mol. The van der Waals surface area contributed by atoms with E-state index in [1.807, 2.05) is 0 Å². The Kier molecular flexibility index (Phi) is 6.10. The third-order valence-corrected chi connectivity index (χ3v) is 8.21. The van der Waals surface area contributed by atoms with Crippen LogP contribution >= 0.6 is 23.5 Å². The molecule has 1 saturated heterocycles. The van der Waals surface area contributed by atoms with Crippen molar-refractivity contribution in [3.63, 3.8) is 0 Å². The molecule has 118 valence electrons. The Morgan fingerprint density at radius 2 is 1.76 bits per heavy atom. The third-order valence-electron chi connectivity index (χ3n) is 4.66. The van der Waals surface area contributed by atoms with E-state index in [1.165, 1.54) is 28.0 Å². The normalized spacial score (nSPS) is 27.6. The molecule has 1 aliphatic heterocycles. The molecule has 21 heavy (non-hydrogen) atoms. The molecule has 1 nitrogen and oxygen atoms in total. The third kappa shape index (κ3) is 4.20. The van der Waals surface area contributed by atoms with E-state index in [0.717, 1.165) is 16.9 Å². The molecule has 0 bridgehead atoms. The van der Waals surface area contributed by atoms with Gasteiger partial charge in [0.2, 0.25) is 0 Å². The van der Waals surface area contributed by atoms with Crippen LogP contribution in [0.3, 0.4) is 0 Å². The minimum atomic E-state index is 0.567. The number of aryl methyl sites for hydroxylation is 3. The second-order valence-corrected chi connectivity index (χ2v) is 9.43. The molecule has 1 aromatic rings. The summed E-state index contributed by atoms with van der Waals surface area (Å²) in [4.78, 5) is 0. The van der Waals surface area contributed by atoms with Gasteiger partial charge in [-0.05, 0) is 50.9 Å². The molecule has 0 radical (unpaired) electrons. The summed E-state index contributed by atoms with van der Waals surface area (Å²) in [6.45, 7) is 11.5. The molecular weight excluding hydrogens is 294 g/mol. The maximum absolute atomic E-state index is 3.59. The van der Waals surface area contributed by atoms with Crippen LogP contribution in [0.5, 0.6) is 0 Å². The molecule has 4 unspecified atom stereocenters. The lowest BCUT2D eigenvalue weighted by atomic mass is 9.93. The summed E-state index contributed by atoms with van der Waals surface area (Å²) >= 11 is 4.32. The van der Waals surface area contributed by atoms with Gasteiger partial charge >= 0.3 is 0 Å². The predicted molar refractivity (Wildman–Crippen MR) is 100.0 cm³/mol. The van der Waals surface area contributed by atoms with Crippen LogP contribution in [0.1, 0.15) is 36.1 Å². The van der Waals surface area contributed by atoms with Gasteiger partial charge in [0.15, 0.2) is 0 Å². The van der Waals surface area contributed by atoms with E-state index in [2.05, 4.69) is 82.6 Å². The molecule has 1 fully saturated rings. The van der Waals surface area contributed by atoms with E-state index in [9.17, 15) is 0 Å². The van der Waals surface area contributed by atoms with Gasteiger partial charge in [0.05, 0.1) is 0 Å². The van der Waals surface area contributed by atoms with E-state index in [1.54, 1.807) is 0 Å². The number of hydrogen-bond donors (Lipinski definition) is 1. The summed E-state index contributed by atoms with van der Waals surface area (Å²) < 4.78 is 0. The van der Waals surface area contributed by atoms with Gasteiger partial charge in [0.1, 0.15) is 0 Å². The zero-order valence-corrected chi connectivity index (χ0v) is 15.8. The van der Waals surface area contributed by atoms with Gasteiger partial charge < -0.3 is 5.32 Å². The predicted octanol–water partition coefficient (Wildman–Crippen LogP) is 4.37. The van der Waals surface area contributed by atoms with Crippen LogP contribution in [-0.4, -0.2) is 34.6 Å². The molecule has 2 rings (SSSR count). The fourth-order valence-electron chi connectivity index (χ4n) is 3.19. The maximum atomic E-state index is 3.59. The van der Waals surface area contributed by atoms with Gasteiger partial charge in [0, 0.05) is 27.5 Å². The smallest absolute Gasteiger partial charge is 0.0298 e. The van der Waals surface area contributed by atoms with Crippen LogP contribution < -0.4 is 5.32 Å². The van der Waals surface area contributed by atoms with Crippen molar-refractivity contribution in [3.05, 3.63) is 34.4 Å². The molecule has 0 amide bonds. The molecule has 1 aliphatic rings. The molecule has 0 aliphatic carbocycles. The zero-order valence-electron chi connectivity index (χ0n) is 14.2. The standard InChI is InChI=1S/C18H29NS2/c1-11-7-12(2)16(13(3)8-11)9-17(19-6)18-10-20-14(4)15(5)21-18/h7-8,14-15,17-19H,9-10H2,1-6H3. The highest BCUT2D eigenvalue weighted by Crippen LogP contribution is 2.37. The second kappa shape index (κ2) is 7.43. The Hall–Kier alpha value is -0.120. The maximum Gasteiger partial charge on any atom is 0.0298 e. The Bertz CT molecular complexity index is 463. The number of thioether (sulfide) groups is 2. The monoisotopic (exact) mass is 323 g/mol. The van der Waals surface area contributed by atoms with Crippen LogP contribution in [0, 0.1) is 20.8 Å². The first-order valence-electron chi connectivity index (χ1n) is 7.93. The van der Waals surface area contributed by atoms with Crippen LogP contribution in [-0.2, 0) is 6.42 Å². The fraction of sp³-hybridized carbons (Fsp3) is 0.667. The van der Waals surface area contributed by atoms with E-state index in [0.29, 0.717) is 11.3 Å². The summed E-state index contributed by atoms with van der Waals surface area (Å²) in [7, 11) is 2.12. The van der Waals surface area contributed by atoms with Gasteiger partial charge in [-0.25, -0.2) is 0 Å². The molecule has 1 N–H and O–H groups in total. The molecule has 0 aromatic heterocycles. The van der Waals surface area contributed by atoms with Crippen molar-refractivity contribution < 1.29 is 0 Å². The Morgan fingerprint density at radius 1 is 1.14 bits per heavy atom. The Balaban J connectivity index is 2.13. The van der Waals surface area contributed by atoms with Crippen molar-refractivity contribution in [2.45, 2.75) is 62.8 Å². The molecule has 3 heteroatoms. The molecule has 4 atom stereocenters. The number of benzene rings is 1. The topological polar surface area (TPSA) is 12.0 Å². The number of rotatable bonds is 4. The Labute approximate surface area is 139 Å². The van der Waals surface area contributed by atoms with Crippen molar-refractivity contribution >= 4 is 23.5 Å². The summed E-state index contributed by atoms with van der Waals surface area (Å²) in [5, 5.41) is 5.84. The summed E-state index contributed by atoms with van der Waals surface area (Å²) in [6, 6.07) is 5.21. The number of likely N-dealkylation sites (N-methyl/N-ethyl adjacent to an activating group) is 1. The molecule has 0 saturated carbocycles. The zero-order chi connectivity index (χ0) is 15.6. The van der Waals surface area contributed by atoms with Crippen LogP contribution in [0.25, 0.3) is 0 Å². The first kappa shape index (κ1) is 17.2. The molecule has 1 heterocycles. The van der Waals surface area contributed by atoms with E-state index < -0.39 is 0 Å². The highest BCUT2D eigenvalue weighted by Gasteiger charge is 2.31. The van der Waals surface area contributed by atoms with Crippen molar-refractivity contribution in [2.75, 3.05) is 12.8 Å². The first-order valence-corrected chi connectivity index (χ1v) is 9.92. The number of nitrogens with one attached hydrogen (secondary N) is 1. The fourth-order valence-corrected chi connectivity index (χ4v) is 6.36. The van der Waals surface area contributed by atoms with E-state index in [-0.39, 0.29) is 0 Å². The van der Waals surface area contributed by atoms with Crippen molar-refractivity contribution in [1.29, 1.82) is 0 Å². The SMILES string of the molecule is CNC(Cc1c(C)cc(C)cc1C)C1CSC(C)C(C)S1. The lowest BCUT2D eigenvalue weighted by molar-refractivity contribution is 0.551. The minimum absolute atomic E-state index is 0.567. The number of hydrogen-bond acceptors (Lipinski definition) is 3. The summed E-state index contributed by atoms with van der Waals surface area (Å²) in [5.41, 5.74) is 5.81. The van der Waals surface area contributed by atoms with Gasteiger partial charge in [-0.15, -0.1) is 0 Å². The first-order chi connectivity index (χ1) is 9.92. The van der Waals surface area contributed by atoms with Gasteiger partial charge in [0.25, 0.3) is 0 Å². The minimum Gasteiger partial charge on any atom is -0.316 e.